The van der Waals surface area contributed by atoms with Crippen molar-refractivity contribution in [1.29, 1.82) is 0 Å². The van der Waals surface area contributed by atoms with Gasteiger partial charge in [0.1, 0.15) is 0 Å². The van der Waals surface area contributed by atoms with Gasteiger partial charge in [0.25, 0.3) is 0 Å². The minimum Gasteiger partial charge on any atom is -0.313 e. The van der Waals surface area contributed by atoms with Gasteiger partial charge in [-0.1, -0.05) is 32.6 Å². The zero-order valence-electron chi connectivity index (χ0n) is 14.6. The summed E-state index contributed by atoms with van der Waals surface area (Å²) in [6.45, 7) is 7.26. The first kappa shape index (κ1) is 17.2. The van der Waals surface area contributed by atoms with Gasteiger partial charge in [0.15, 0.2) is 0 Å². The molecule has 2 atom stereocenters. The van der Waals surface area contributed by atoms with Crippen LogP contribution in [0.25, 0.3) is 0 Å². The molecule has 2 unspecified atom stereocenters. The van der Waals surface area contributed by atoms with Crippen molar-refractivity contribution in [3.63, 3.8) is 0 Å². The average Bonchev–Trinajstić information content (AvgIpc) is 2.44. The van der Waals surface area contributed by atoms with Crippen LogP contribution in [-0.4, -0.2) is 62.2 Å². The Balaban J connectivity index is 1.87. The Morgan fingerprint density at radius 1 is 1.00 bits per heavy atom. The summed E-state index contributed by atoms with van der Waals surface area (Å²) in [6, 6.07) is 1.47. The highest BCUT2D eigenvalue weighted by molar-refractivity contribution is 4.86. The molecule has 21 heavy (non-hydrogen) atoms. The second-order valence-electron chi connectivity index (χ2n) is 7.41. The summed E-state index contributed by atoms with van der Waals surface area (Å²) >= 11 is 0. The van der Waals surface area contributed by atoms with E-state index in [1.54, 1.807) is 0 Å². The van der Waals surface area contributed by atoms with Gasteiger partial charge in [0.2, 0.25) is 0 Å². The minimum absolute atomic E-state index is 0.714. The van der Waals surface area contributed by atoms with E-state index >= 15 is 0 Å². The second-order valence-corrected chi connectivity index (χ2v) is 7.41. The van der Waals surface area contributed by atoms with E-state index in [0.717, 1.165) is 18.5 Å². The van der Waals surface area contributed by atoms with Gasteiger partial charge in [0.05, 0.1) is 0 Å². The van der Waals surface area contributed by atoms with Crippen molar-refractivity contribution >= 4 is 0 Å². The monoisotopic (exact) mass is 295 g/mol. The zero-order valence-corrected chi connectivity index (χ0v) is 14.6. The molecule has 1 aliphatic carbocycles. The van der Waals surface area contributed by atoms with Gasteiger partial charge >= 0.3 is 0 Å². The molecular formula is C18H37N3. The number of hydrogen-bond donors (Lipinski definition) is 1. The molecule has 0 amide bonds. The molecule has 0 aromatic carbocycles. The zero-order chi connectivity index (χ0) is 15.1. The molecule has 1 saturated carbocycles. The molecule has 0 radical (unpaired) electrons. The lowest BCUT2D eigenvalue weighted by Crippen LogP contribution is -2.51. The smallest absolute Gasteiger partial charge is 0.0246 e. The van der Waals surface area contributed by atoms with Gasteiger partial charge < -0.3 is 15.1 Å². The lowest BCUT2D eigenvalue weighted by atomic mass is 9.89. The van der Waals surface area contributed by atoms with E-state index in [4.69, 9.17) is 0 Å². The standard InChI is InChI=1S/C18H37N3/c1-4-19-17-9-7-5-6-8-10-18(17)21(3)15-16-11-13-20(2)14-12-16/h16-19H,4-15H2,1-3H3. The Labute approximate surface area is 132 Å². The Morgan fingerprint density at radius 2 is 1.67 bits per heavy atom. The van der Waals surface area contributed by atoms with Crippen molar-refractivity contribution in [3.05, 3.63) is 0 Å². The third-order valence-corrected chi connectivity index (χ3v) is 5.65. The fraction of sp³-hybridized carbons (Fsp3) is 1.00. The maximum Gasteiger partial charge on any atom is 0.0246 e. The SMILES string of the molecule is CCNC1CCCCCCC1N(C)CC1CCN(C)CC1. The van der Waals surface area contributed by atoms with Gasteiger partial charge in [-0.2, -0.15) is 0 Å². The molecule has 0 aromatic rings. The second kappa shape index (κ2) is 9.12. The van der Waals surface area contributed by atoms with Crippen LogP contribution in [0.1, 0.15) is 58.3 Å². The quantitative estimate of drug-likeness (QED) is 0.841. The van der Waals surface area contributed by atoms with Crippen LogP contribution in [0.2, 0.25) is 0 Å². The van der Waals surface area contributed by atoms with Crippen molar-refractivity contribution in [3.8, 4) is 0 Å². The molecule has 1 saturated heterocycles. The molecule has 2 aliphatic rings. The molecule has 1 N–H and O–H groups in total. The van der Waals surface area contributed by atoms with Crippen molar-refractivity contribution in [2.24, 2.45) is 5.92 Å². The maximum atomic E-state index is 3.78. The number of likely N-dealkylation sites (N-methyl/N-ethyl adjacent to an activating group) is 2. The summed E-state index contributed by atoms with van der Waals surface area (Å²) < 4.78 is 0. The van der Waals surface area contributed by atoms with Crippen LogP contribution in [0, 0.1) is 5.92 Å². The predicted octanol–water partition coefficient (Wildman–Crippen LogP) is 2.96. The van der Waals surface area contributed by atoms with Crippen LogP contribution in [-0.2, 0) is 0 Å². The van der Waals surface area contributed by atoms with E-state index in [9.17, 15) is 0 Å². The van der Waals surface area contributed by atoms with Crippen molar-refractivity contribution in [2.45, 2.75) is 70.4 Å². The summed E-state index contributed by atoms with van der Waals surface area (Å²) in [5.41, 5.74) is 0. The van der Waals surface area contributed by atoms with Crippen molar-refractivity contribution in [2.75, 3.05) is 40.3 Å². The molecule has 1 heterocycles. The van der Waals surface area contributed by atoms with Crippen molar-refractivity contribution in [1.82, 2.24) is 15.1 Å². The first-order valence-corrected chi connectivity index (χ1v) is 9.33. The summed E-state index contributed by atoms with van der Waals surface area (Å²) in [6.07, 6.45) is 11.3. The molecule has 0 spiro atoms. The molecular weight excluding hydrogens is 258 g/mol. The summed E-state index contributed by atoms with van der Waals surface area (Å²) in [4.78, 5) is 5.18. The van der Waals surface area contributed by atoms with Crippen LogP contribution >= 0.6 is 0 Å². The molecule has 1 aliphatic heterocycles. The highest BCUT2D eigenvalue weighted by atomic mass is 15.2. The lowest BCUT2D eigenvalue weighted by molar-refractivity contribution is 0.116. The Hall–Kier alpha value is -0.120. The molecule has 124 valence electrons. The fourth-order valence-corrected chi connectivity index (χ4v) is 4.28. The molecule has 3 nitrogen and oxygen atoms in total. The number of nitrogens with one attached hydrogen (secondary N) is 1. The number of hydrogen-bond acceptors (Lipinski definition) is 3. The Morgan fingerprint density at radius 3 is 2.33 bits per heavy atom. The van der Waals surface area contributed by atoms with Crippen molar-refractivity contribution < 1.29 is 0 Å². The molecule has 2 rings (SSSR count). The summed E-state index contributed by atoms with van der Waals surface area (Å²) in [7, 11) is 4.64. The van der Waals surface area contributed by atoms with Crippen LogP contribution in [0.5, 0.6) is 0 Å². The third kappa shape index (κ3) is 5.54. The van der Waals surface area contributed by atoms with Gasteiger partial charge in [-0.15, -0.1) is 0 Å². The van der Waals surface area contributed by atoms with E-state index in [-0.39, 0.29) is 0 Å². The largest absolute Gasteiger partial charge is 0.313 e. The number of piperidine rings is 1. The van der Waals surface area contributed by atoms with Crippen LogP contribution in [0.3, 0.4) is 0 Å². The predicted molar refractivity (Wildman–Crippen MR) is 91.8 cm³/mol. The lowest BCUT2D eigenvalue weighted by Gasteiger charge is -2.39. The maximum absolute atomic E-state index is 3.78. The Kier molecular flexibility index (Phi) is 7.48. The van der Waals surface area contributed by atoms with Crippen LogP contribution < -0.4 is 5.32 Å². The highest BCUT2D eigenvalue weighted by Crippen LogP contribution is 2.24. The van der Waals surface area contributed by atoms with E-state index in [2.05, 4.69) is 36.1 Å². The van der Waals surface area contributed by atoms with Crippen LogP contribution in [0.15, 0.2) is 0 Å². The fourth-order valence-electron chi connectivity index (χ4n) is 4.28. The average molecular weight is 296 g/mol. The highest BCUT2D eigenvalue weighted by Gasteiger charge is 2.27. The molecule has 0 aromatic heterocycles. The van der Waals surface area contributed by atoms with Gasteiger partial charge in [-0.05, 0) is 65.3 Å². The number of likely N-dealkylation sites (tertiary alicyclic amines) is 1. The molecule has 2 fully saturated rings. The van der Waals surface area contributed by atoms with E-state index in [1.165, 1.54) is 71.0 Å². The minimum atomic E-state index is 0.714. The normalized spacial score (nSPS) is 30.3. The third-order valence-electron chi connectivity index (χ3n) is 5.65. The van der Waals surface area contributed by atoms with E-state index in [0.29, 0.717) is 6.04 Å². The van der Waals surface area contributed by atoms with Crippen LogP contribution in [0.4, 0.5) is 0 Å². The molecule has 3 heteroatoms. The van der Waals surface area contributed by atoms with E-state index < -0.39 is 0 Å². The van der Waals surface area contributed by atoms with E-state index in [1.807, 2.05) is 0 Å². The summed E-state index contributed by atoms with van der Waals surface area (Å²) in [5.74, 6) is 0.916. The Bertz CT molecular complexity index is 274. The topological polar surface area (TPSA) is 18.5 Å². The van der Waals surface area contributed by atoms with Gasteiger partial charge in [-0.25, -0.2) is 0 Å². The number of nitrogens with zero attached hydrogens (tertiary/aromatic N) is 2. The first-order chi connectivity index (χ1) is 10.2. The first-order valence-electron chi connectivity index (χ1n) is 9.33. The number of rotatable bonds is 5. The van der Waals surface area contributed by atoms with Gasteiger partial charge in [-0.3, -0.25) is 0 Å². The summed E-state index contributed by atoms with van der Waals surface area (Å²) in [5, 5.41) is 3.78. The van der Waals surface area contributed by atoms with Gasteiger partial charge in [0, 0.05) is 18.6 Å². The molecule has 0 bridgehead atoms.